The van der Waals surface area contributed by atoms with Crippen LogP contribution in [0.2, 0.25) is 0 Å². The summed E-state index contributed by atoms with van der Waals surface area (Å²) in [4.78, 5) is 12.5. The first-order valence-electron chi connectivity index (χ1n) is 8.17. The van der Waals surface area contributed by atoms with Crippen molar-refractivity contribution < 1.29 is 18.3 Å². The fourth-order valence-corrected chi connectivity index (χ4v) is 3.20. The normalized spacial score (nSPS) is 11.0. The van der Waals surface area contributed by atoms with Crippen LogP contribution >= 0.6 is 11.3 Å². The highest BCUT2D eigenvalue weighted by atomic mass is 32.1. The minimum Gasteiger partial charge on any atom is -0.481 e. The summed E-state index contributed by atoms with van der Waals surface area (Å²) >= 11 is 1.10. The standard InChI is InChI=1S/C18H13F2N5O2S/c1-10-6-7-11(8-13(10)20)16-22-23-18-25(16)24-17(28-18)21-15(26)9-27-14-5-3-2-4-12(14)19/h2-8H,9H2,1H3,(H,21,24,26). The largest absolute Gasteiger partial charge is 0.481 e. The van der Waals surface area contributed by atoms with E-state index in [9.17, 15) is 13.6 Å². The van der Waals surface area contributed by atoms with Crippen molar-refractivity contribution in [3.63, 3.8) is 0 Å². The topological polar surface area (TPSA) is 81.4 Å². The molecule has 0 atom stereocenters. The number of nitrogens with one attached hydrogen (secondary N) is 1. The molecule has 0 aliphatic carbocycles. The Kier molecular flexibility index (Phi) is 4.70. The van der Waals surface area contributed by atoms with Crippen molar-refractivity contribution in [2.45, 2.75) is 6.92 Å². The van der Waals surface area contributed by atoms with Crippen molar-refractivity contribution in [3.05, 3.63) is 59.7 Å². The molecule has 2 aromatic heterocycles. The maximum atomic E-state index is 13.8. The van der Waals surface area contributed by atoms with E-state index in [1.54, 1.807) is 25.1 Å². The Hall–Kier alpha value is -3.40. The molecule has 7 nitrogen and oxygen atoms in total. The van der Waals surface area contributed by atoms with Crippen molar-refractivity contribution in [1.82, 2.24) is 19.8 Å². The number of hydrogen-bond donors (Lipinski definition) is 1. The van der Waals surface area contributed by atoms with Gasteiger partial charge in [-0.3, -0.25) is 10.1 Å². The van der Waals surface area contributed by atoms with Crippen LogP contribution in [0, 0.1) is 18.6 Å². The number of nitrogens with zero attached hydrogens (tertiary/aromatic N) is 4. The van der Waals surface area contributed by atoms with Crippen molar-refractivity contribution in [2.24, 2.45) is 0 Å². The molecule has 0 radical (unpaired) electrons. The first-order chi connectivity index (χ1) is 13.5. The molecular formula is C18H13F2N5O2S. The van der Waals surface area contributed by atoms with Crippen LogP contribution in [0.15, 0.2) is 42.5 Å². The monoisotopic (exact) mass is 401 g/mol. The second-order valence-electron chi connectivity index (χ2n) is 5.86. The number of rotatable bonds is 5. The molecule has 0 spiro atoms. The molecule has 0 saturated heterocycles. The molecule has 2 aromatic carbocycles. The molecule has 0 aliphatic rings. The number of anilines is 1. The van der Waals surface area contributed by atoms with Crippen molar-refractivity contribution in [2.75, 3.05) is 11.9 Å². The number of amides is 1. The summed E-state index contributed by atoms with van der Waals surface area (Å²) in [5.74, 6) is -1.07. The second kappa shape index (κ2) is 7.31. The molecular weight excluding hydrogens is 388 g/mol. The van der Waals surface area contributed by atoms with Crippen molar-refractivity contribution in [3.8, 4) is 17.1 Å². The predicted octanol–water partition coefficient (Wildman–Crippen LogP) is 3.46. The Morgan fingerprint density at radius 2 is 2.00 bits per heavy atom. The molecule has 4 aromatic rings. The Morgan fingerprint density at radius 1 is 1.18 bits per heavy atom. The Morgan fingerprint density at radius 3 is 2.79 bits per heavy atom. The van der Waals surface area contributed by atoms with Crippen LogP contribution in [0.5, 0.6) is 5.75 Å². The number of carbonyl (C=O) groups excluding carboxylic acids is 1. The SMILES string of the molecule is Cc1ccc(-c2nnc3sc(NC(=O)COc4ccccc4F)nn23)cc1F. The number of benzene rings is 2. The fourth-order valence-electron chi connectivity index (χ4n) is 2.44. The number of aromatic nitrogens is 4. The third kappa shape index (κ3) is 3.54. The zero-order valence-electron chi connectivity index (χ0n) is 14.5. The molecule has 2 heterocycles. The van der Waals surface area contributed by atoms with Crippen LogP contribution in [-0.4, -0.2) is 32.3 Å². The van der Waals surface area contributed by atoms with E-state index >= 15 is 0 Å². The fraction of sp³-hybridized carbons (Fsp3) is 0.111. The number of hydrogen-bond acceptors (Lipinski definition) is 6. The number of ether oxygens (including phenoxy) is 1. The smallest absolute Gasteiger partial charge is 0.264 e. The molecule has 10 heteroatoms. The summed E-state index contributed by atoms with van der Waals surface area (Å²) in [5.41, 5.74) is 1.03. The van der Waals surface area contributed by atoms with Gasteiger partial charge in [0.2, 0.25) is 10.1 Å². The lowest BCUT2D eigenvalue weighted by Crippen LogP contribution is -2.20. The molecule has 1 amide bonds. The van der Waals surface area contributed by atoms with Crippen molar-refractivity contribution >= 4 is 27.3 Å². The van der Waals surface area contributed by atoms with E-state index in [4.69, 9.17) is 4.74 Å². The van der Waals surface area contributed by atoms with E-state index in [1.165, 1.54) is 28.8 Å². The van der Waals surface area contributed by atoms with Gasteiger partial charge in [0.1, 0.15) is 5.82 Å². The molecule has 0 unspecified atom stereocenters. The van der Waals surface area contributed by atoms with Gasteiger partial charge < -0.3 is 4.74 Å². The Bertz CT molecular complexity index is 1170. The summed E-state index contributed by atoms with van der Waals surface area (Å²) in [5, 5.41) is 15.1. The average molecular weight is 401 g/mol. The lowest BCUT2D eigenvalue weighted by atomic mass is 10.1. The minimum atomic E-state index is -0.552. The highest BCUT2D eigenvalue weighted by Crippen LogP contribution is 2.25. The highest BCUT2D eigenvalue weighted by Gasteiger charge is 2.16. The van der Waals surface area contributed by atoms with Crippen LogP contribution in [-0.2, 0) is 4.79 Å². The maximum Gasteiger partial charge on any atom is 0.264 e. The van der Waals surface area contributed by atoms with Crippen LogP contribution in [0.1, 0.15) is 5.56 Å². The number of para-hydroxylation sites is 1. The van der Waals surface area contributed by atoms with Gasteiger partial charge in [-0.2, -0.15) is 4.52 Å². The van der Waals surface area contributed by atoms with E-state index in [0.717, 1.165) is 11.3 Å². The van der Waals surface area contributed by atoms with Crippen LogP contribution in [0.25, 0.3) is 16.3 Å². The zero-order valence-corrected chi connectivity index (χ0v) is 15.3. The molecule has 0 fully saturated rings. The molecule has 142 valence electrons. The Balaban J connectivity index is 1.49. The molecule has 28 heavy (non-hydrogen) atoms. The summed E-state index contributed by atoms with van der Waals surface area (Å²) in [6, 6.07) is 10.5. The molecule has 0 saturated carbocycles. The van der Waals surface area contributed by atoms with Gasteiger partial charge in [0.25, 0.3) is 5.91 Å². The van der Waals surface area contributed by atoms with Gasteiger partial charge in [0, 0.05) is 5.56 Å². The van der Waals surface area contributed by atoms with E-state index in [1.807, 2.05) is 0 Å². The van der Waals surface area contributed by atoms with Gasteiger partial charge >= 0.3 is 0 Å². The van der Waals surface area contributed by atoms with Crippen molar-refractivity contribution in [1.29, 1.82) is 0 Å². The average Bonchev–Trinajstić information content (AvgIpc) is 3.23. The lowest BCUT2D eigenvalue weighted by molar-refractivity contribution is -0.118. The van der Waals surface area contributed by atoms with E-state index < -0.39 is 11.7 Å². The van der Waals surface area contributed by atoms with Gasteiger partial charge in [0.05, 0.1) is 0 Å². The summed E-state index contributed by atoms with van der Waals surface area (Å²) in [6.45, 7) is 1.29. The van der Waals surface area contributed by atoms with Crippen LogP contribution in [0.4, 0.5) is 13.9 Å². The number of aryl methyl sites for hydroxylation is 1. The molecule has 0 bridgehead atoms. The minimum absolute atomic E-state index is 0.0144. The summed E-state index contributed by atoms with van der Waals surface area (Å²) in [6.07, 6.45) is 0. The highest BCUT2D eigenvalue weighted by molar-refractivity contribution is 7.20. The second-order valence-corrected chi connectivity index (χ2v) is 6.81. The van der Waals surface area contributed by atoms with E-state index in [-0.39, 0.29) is 23.3 Å². The van der Waals surface area contributed by atoms with Crippen LogP contribution in [0.3, 0.4) is 0 Å². The quantitative estimate of drug-likeness (QED) is 0.554. The first kappa shape index (κ1) is 18.0. The van der Waals surface area contributed by atoms with Crippen LogP contribution < -0.4 is 10.1 Å². The number of fused-ring (bicyclic) bond motifs is 1. The van der Waals surface area contributed by atoms with E-state index in [2.05, 4.69) is 20.6 Å². The van der Waals surface area contributed by atoms with Gasteiger partial charge in [-0.05, 0) is 30.7 Å². The van der Waals surface area contributed by atoms with Gasteiger partial charge in [0.15, 0.2) is 24.0 Å². The van der Waals surface area contributed by atoms with Gasteiger partial charge in [-0.25, -0.2) is 8.78 Å². The lowest BCUT2D eigenvalue weighted by Gasteiger charge is -2.06. The first-order valence-corrected chi connectivity index (χ1v) is 8.99. The molecule has 1 N–H and O–H groups in total. The summed E-state index contributed by atoms with van der Waals surface area (Å²) < 4.78 is 33.9. The molecule has 0 aliphatic heterocycles. The van der Waals surface area contributed by atoms with E-state index in [0.29, 0.717) is 21.9 Å². The van der Waals surface area contributed by atoms with Gasteiger partial charge in [-0.15, -0.1) is 15.3 Å². The maximum absolute atomic E-state index is 13.8. The number of carbonyl (C=O) groups is 1. The zero-order chi connectivity index (χ0) is 19.7. The predicted molar refractivity (Wildman–Crippen MR) is 99.3 cm³/mol. The number of halogens is 2. The molecule has 4 rings (SSSR count). The third-order valence-electron chi connectivity index (χ3n) is 3.86. The third-order valence-corrected chi connectivity index (χ3v) is 4.68. The summed E-state index contributed by atoms with van der Waals surface area (Å²) in [7, 11) is 0. The van der Waals surface area contributed by atoms with Gasteiger partial charge in [-0.1, -0.05) is 35.6 Å². The Labute approximate surface area is 161 Å².